The van der Waals surface area contributed by atoms with E-state index in [4.69, 9.17) is 4.52 Å². The standard InChI is InChI=1S/C17H23N5O3/c1-11(6-12(2)22(10-23)14-8-18-21(3)9-14)19-17(24)15-7-16(25-20-15)13-4-5-13/h7-13H,4-6H2,1-3H3,(H,19,24). The Hall–Kier alpha value is -2.64. The third-order valence-electron chi connectivity index (χ3n) is 4.39. The highest BCUT2D eigenvalue weighted by molar-refractivity contribution is 5.92. The highest BCUT2D eigenvalue weighted by atomic mass is 16.5. The van der Waals surface area contributed by atoms with Crippen LogP contribution in [-0.2, 0) is 11.8 Å². The summed E-state index contributed by atoms with van der Waals surface area (Å²) in [5.74, 6) is 0.955. The van der Waals surface area contributed by atoms with E-state index in [2.05, 4.69) is 15.6 Å². The van der Waals surface area contributed by atoms with Crippen molar-refractivity contribution in [3.63, 3.8) is 0 Å². The predicted octanol–water partition coefficient (Wildman–Crippen LogP) is 1.85. The van der Waals surface area contributed by atoms with Gasteiger partial charge in [-0.2, -0.15) is 5.10 Å². The van der Waals surface area contributed by atoms with Crippen LogP contribution in [0.2, 0.25) is 0 Å². The first-order valence-corrected chi connectivity index (χ1v) is 8.47. The number of rotatable bonds is 8. The molecule has 1 N–H and O–H groups in total. The number of hydrogen-bond donors (Lipinski definition) is 1. The van der Waals surface area contributed by atoms with E-state index in [9.17, 15) is 9.59 Å². The molecule has 2 aromatic heterocycles. The van der Waals surface area contributed by atoms with E-state index >= 15 is 0 Å². The van der Waals surface area contributed by atoms with E-state index in [0.717, 1.165) is 30.7 Å². The molecular formula is C17H23N5O3. The molecule has 2 aromatic rings. The Balaban J connectivity index is 1.55. The fourth-order valence-electron chi connectivity index (χ4n) is 2.90. The summed E-state index contributed by atoms with van der Waals surface area (Å²) in [6.45, 7) is 3.84. The summed E-state index contributed by atoms with van der Waals surface area (Å²) >= 11 is 0. The number of amides is 2. The van der Waals surface area contributed by atoms with Crippen molar-refractivity contribution in [1.29, 1.82) is 0 Å². The minimum absolute atomic E-state index is 0.0867. The van der Waals surface area contributed by atoms with Gasteiger partial charge in [-0.3, -0.25) is 14.3 Å². The largest absolute Gasteiger partial charge is 0.360 e. The molecule has 8 nitrogen and oxygen atoms in total. The zero-order valence-corrected chi connectivity index (χ0v) is 14.7. The van der Waals surface area contributed by atoms with E-state index in [1.165, 1.54) is 0 Å². The van der Waals surface area contributed by atoms with E-state index in [-0.39, 0.29) is 18.0 Å². The van der Waals surface area contributed by atoms with E-state index in [1.54, 1.807) is 35.1 Å². The highest BCUT2D eigenvalue weighted by Crippen LogP contribution is 2.40. The molecule has 25 heavy (non-hydrogen) atoms. The lowest BCUT2D eigenvalue weighted by Gasteiger charge is -2.26. The number of hydrogen-bond acceptors (Lipinski definition) is 5. The predicted molar refractivity (Wildman–Crippen MR) is 91.2 cm³/mol. The number of aryl methyl sites for hydroxylation is 1. The second-order valence-electron chi connectivity index (χ2n) is 6.73. The number of anilines is 1. The van der Waals surface area contributed by atoms with Gasteiger partial charge < -0.3 is 14.7 Å². The summed E-state index contributed by atoms with van der Waals surface area (Å²) in [4.78, 5) is 25.3. The minimum atomic E-state index is -0.255. The van der Waals surface area contributed by atoms with Gasteiger partial charge in [0.2, 0.25) is 6.41 Å². The maximum atomic E-state index is 12.3. The Kier molecular flexibility index (Phi) is 4.87. The normalized spacial score (nSPS) is 16.3. The number of aromatic nitrogens is 3. The summed E-state index contributed by atoms with van der Waals surface area (Å²) in [6.07, 6.45) is 7.01. The molecule has 1 aliphatic rings. The molecular weight excluding hydrogens is 322 g/mol. The van der Waals surface area contributed by atoms with Crippen LogP contribution < -0.4 is 10.2 Å². The van der Waals surface area contributed by atoms with Crippen molar-refractivity contribution in [2.45, 2.75) is 51.1 Å². The van der Waals surface area contributed by atoms with Gasteiger partial charge >= 0.3 is 0 Å². The maximum absolute atomic E-state index is 12.3. The van der Waals surface area contributed by atoms with Gasteiger partial charge in [0.1, 0.15) is 5.76 Å². The SMILES string of the molecule is CC(CC(C)N(C=O)c1cnn(C)c1)NC(=O)c1cc(C2CC2)on1. The molecule has 0 spiro atoms. The molecule has 0 radical (unpaired) electrons. The van der Waals surface area contributed by atoms with Crippen molar-refractivity contribution in [2.24, 2.45) is 7.05 Å². The van der Waals surface area contributed by atoms with Gasteiger partial charge in [0.05, 0.1) is 11.9 Å². The van der Waals surface area contributed by atoms with Crippen molar-refractivity contribution in [3.8, 4) is 0 Å². The Morgan fingerprint density at radius 3 is 2.88 bits per heavy atom. The van der Waals surface area contributed by atoms with Crippen LogP contribution >= 0.6 is 0 Å². The Morgan fingerprint density at radius 2 is 2.28 bits per heavy atom. The zero-order chi connectivity index (χ0) is 18.0. The molecule has 2 atom stereocenters. The minimum Gasteiger partial charge on any atom is -0.360 e. The number of nitrogens with zero attached hydrogens (tertiary/aromatic N) is 4. The molecule has 0 aliphatic heterocycles. The molecule has 3 rings (SSSR count). The molecule has 8 heteroatoms. The average molecular weight is 345 g/mol. The van der Waals surface area contributed by atoms with Crippen molar-refractivity contribution >= 4 is 18.0 Å². The molecule has 0 aromatic carbocycles. The van der Waals surface area contributed by atoms with Crippen molar-refractivity contribution in [1.82, 2.24) is 20.3 Å². The van der Waals surface area contributed by atoms with Gasteiger partial charge in [-0.05, 0) is 33.1 Å². The highest BCUT2D eigenvalue weighted by Gasteiger charge is 2.29. The first kappa shape index (κ1) is 17.2. The van der Waals surface area contributed by atoms with Crippen molar-refractivity contribution in [2.75, 3.05) is 4.90 Å². The molecule has 1 fully saturated rings. The van der Waals surface area contributed by atoms with Gasteiger partial charge in [-0.1, -0.05) is 5.16 Å². The van der Waals surface area contributed by atoms with Crippen LogP contribution in [0.4, 0.5) is 5.69 Å². The first-order chi connectivity index (χ1) is 12.0. The zero-order valence-electron chi connectivity index (χ0n) is 14.7. The van der Waals surface area contributed by atoms with Gasteiger partial charge in [-0.25, -0.2) is 0 Å². The molecule has 1 saturated carbocycles. The van der Waals surface area contributed by atoms with Gasteiger partial charge in [0.25, 0.3) is 5.91 Å². The Labute approximate surface area is 146 Å². The summed E-state index contributed by atoms with van der Waals surface area (Å²) in [5.41, 5.74) is 1.04. The molecule has 1 aliphatic carbocycles. The Morgan fingerprint density at radius 1 is 1.52 bits per heavy atom. The molecule has 2 unspecified atom stereocenters. The second-order valence-corrected chi connectivity index (χ2v) is 6.73. The van der Waals surface area contributed by atoms with Crippen LogP contribution in [0.3, 0.4) is 0 Å². The molecule has 2 amide bonds. The maximum Gasteiger partial charge on any atom is 0.273 e. The lowest BCUT2D eigenvalue weighted by atomic mass is 10.1. The topological polar surface area (TPSA) is 93.3 Å². The smallest absolute Gasteiger partial charge is 0.273 e. The lowest BCUT2D eigenvalue weighted by molar-refractivity contribution is -0.107. The fourth-order valence-corrected chi connectivity index (χ4v) is 2.90. The van der Waals surface area contributed by atoms with Crippen LogP contribution in [0, 0.1) is 0 Å². The van der Waals surface area contributed by atoms with E-state index in [1.807, 2.05) is 13.8 Å². The lowest BCUT2D eigenvalue weighted by Crippen LogP contribution is -2.40. The van der Waals surface area contributed by atoms with Crippen LogP contribution in [0.5, 0.6) is 0 Å². The van der Waals surface area contributed by atoms with Crippen molar-refractivity contribution < 1.29 is 14.1 Å². The van der Waals surface area contributed by atoms with E-state index in [0.29, 0.717) is 18.0 Å². The van der Waals surface area contributed by atoms with Crippen molar-refractivity contribution in [3.05, 3.63) is 29.9 Å². The number of nitrogens with one attached hydrogen (secondary N) is 1. The summed E-state index contributed by atoms with van der Waals surface area (Å²) in [5, 5.41) is 10.8. The quantitative estimate of drug-likeness (QED) is 0.737. The van der Waals surface area contributed by atoms with Crippen LogP contribution in [0.15, 0.2) is 23.0 Å². The summed E-state index contributed by atoms with van der Waals surface area (Å²) in [7, 11) is 1.80. The van der Waals surface area contributed by atoms with Crippen LogP contribution in [0.25, 0.3) is 0 Å². The third kappa shape index (κ3) is 4.07. The third-order valence-corrected chi connectivity index (χ3v) is 4.39. The first-order valence-electron chi connectivity index (χ1n) is 8.47. The summed E-state index contributed by atoms with van der Waals surface area (Å²) < 4.78 is 6.86. The fraction of sp³-hybridized carbons (Fsp3) is 0.529. The van der Waals surface area contributed by atoms with E-state index < -0.39 is 0 Å². The molecule has 0 bridgehead atoms. The number of carbonyl (C=O) groups excluding carboxylic acids is 2. The van der Waals surface area contributed by atoms with Gasteiger partial charge in [-0.15, -0.1) is 0 Å². The number of carbonyl (C=O) groups is 2. The molecule has 134 valence electrons. The monoisotopic (exact) mass is 345 g/mol. The average Bonchev–Trinajstić information content (AvgIpc) is 3.13. The second kappa shape index (κ2) is 7.08. The van der Waals surface area contributed by atoms with Crippen LogP contribution in [0.1, 0.15) is 55.3 Å². The molecule has 0 saturated heterocycles. The van der Waals surface area contributed by atoms with Crippen LogP contribution in [-0.4, -0.2) is 39.3 Å². The Bertz CT molecular complexity index is 749. The van der Waals surface area contributed by atoms with Gasteiger partial charge in [0.15, 0.2) is 5.69 Å². The van der Waals surface area contributed by atoms with Gasteiger partial charge in [0, 0.05) is 37.3 Å². The molecule has 2 heterocycles. The summed E-state index contributed by atoms with van der Waals surface area (Å²) in [6, 6.07) is 1.51.